The maximum absolute atomic E-state index is 13.9. The monoisotopic (exact) mass is 596 g/mol. The molecule has 0 amide bonds. The van der Waals surface area contributed by atoms with Gasteiger partial charge in [-0.3, -0.25) is 9.36 Å². The van der Waals surface area contributed by atoms with E-state index in [1.54, 1.807) is 38.1 Å². The lowest BCUT2D eigenvalue weighted by Gasteiger charge is -2.26. The number of nitrogens with zero attached hydrogens (tertiary/aromatic N) is 2. The van der Waals surface area contributed by atoms with Gasteiger partial charge in [0.1, 0.15) is 12.4 Å². The summed E-state index contributed by atoms with van der Waals surface area (Å²) in [5, 5.41) is 0. The lowest BCUT2D eigenvalue weighted by molar-refractivity contribution is -0.139. The summed E-state index contributed by atoms with van der Waals surface area (Å²) < 4.78 is 24.5. The number of hydrogen-bond acceptors (Lipinski definition) is 8. The van der Waals surface area contributed by atoms with Crippen molar-refractivity contribution in [2.24, 2.45) is 4.99 Å². The molecule has 0 saturated heterocycles. The molecule has 1 aromatic heterocycles. The van der Waals surface area contributed by atoms with Crippen LogP contribution in [-0.2, 0) is 9.53 Å². The van der Waals surface area contributed by atoms with Crippen LogP contribution in [0.2, 0.25) is 0 Å². The molecule has 0 aliphatic carbocycles. The molecule has 196 valence electrons. The van der Waals surface area contributed by atoms with Gasteiger partial charge in [-0.15, -0.1) is 6.42 Å². The van der Waals surface area contributed by atoms with Gasteiger partial charge in [0.2, 0.25) is 0 Å². The third-order valence-electron chi connectivity index (χ3n) is 5.83. The van der Waals surface area contributed by atoms with Crippen LogP contribution in [0.15, 0.2) is 61.9 Å². The fraction of sp³-hybridized carbons (Fsp3) is 0.250. The Kier molecular flexibility index (Phi) is 8.39. The average Bonchev–Trinajstić information content (AvgIpc) is 3.21. The molecule has 3 aromatic rings. The molecule has 10 heteroatoms. The quantitative estimate of drug-likeness (QED) is 0.292. The Morgan fingerprint density at radius 3 is 2.61 bits per heavy atom. The molecule has 0 radical (unpaired) electrons. The van der Waals surface area contributed by atoms with E-state index in [2.05, 4.69) is 26.8 Å². The summed E-state index contributed by atoms with van der Waals surface area (Å²) in [6, 6.07) is 9.95. The molecular formula is C28H25BrN2O6S. The lowest BCUT2D eigenvalue weighted by Crippen LogP contribution is -2.40. The van der Waals surface area contributed by atoms with Crippen molar-refractivity contribution in [2.75, 3.05) is 27.4 Å². The number of allylic oxidation sites excluding steroid dienone is 1. The zero-order chi connectivity index (χ0) is 27.4. The van der Waals surface area contributed by atoms with E-state index in [4.69, 9.17) is 25.4 Å². The van der Waals surface area contributed by atoms with Crippen LogP contribution in [0.25, 0.3) is 6.08 Å². The minimum Gasteiger partial charge on any atom is -0.493 e. The van der Waals surface area contributed by atoms with Crippen molar-refractivity contribution in [1.82, 2.24) is 4.57 Å². The molecule has 2 aromatic carbocycles. The number of benzene rings is 2. The van der Waals surface area contributed by atoms with Gasteiger partial charge in [-0.1, -0.05) is 51.4 Å². The second-order valence-electron chi connectivity index (χ2n) is 8.06. The van der Waals surface area contributed by atoms with Gasteiger partial charge < -0.3 is 18.9 Å². The molecular weight excluding hydrogens is 572 g/mol. The highest BCUT2D eigenvalue weighted by atomic mass is 79.9. The topological polar surface area (TPSA) is 88.3 Å². The van der Waals surface area contributed by atoms with Crippen molar-refractivity contribution in [3.8, 4) is 29.6 Å². The van der Waals surface area contributed by atoms with Gasteiger partial charge in [0.15, 0.2) is 16.3 Å². The van der Waals surface area contributed by atoms with Gasteiger partial charge in [0.25, 0.3) is 5.56 Å². The number of para-hydroxylation sites is 1. The standard InChI is InChI=1S/C28H25BrN2O6S/c1-6-12-37-20-11-9-8-10-17(20)13-23-26(32)31-25(18-14-21(34-4)22(35-5)15-19(18)29)24(27(33)36-7-2)16(3)30-28(31)38-23/h1,8-11,13-15,25H,7,12H2,2-5H3/b23-13-/t25-/m1/s1. The Balaban J connectivity index is 1.99. The van der Waals surface area contributed by atoms with Crippen LogP contribution in [0.3, 0.4) is 0 Å². The Morgan fingerprint density at radius 1 is 1.21 bits per heavy atom. The van der Waals surface area contributed by atoms with E-state index in [0.29, 0.717) is 47.9 Å². The van der Waals surface area contributed by atoms with E-state index in [0.717, 1.165) is 0 Å². The fourth-order valence-corrected chi connectivity index (χ4v) is 5.73. The minimum atomic E-state index is -0.824. The van der Waals surface area contributed by atoms with Crippen LogP contribution in [0.1, 0.15) is 31.0 Å². The summed E-state index contributed by atoms with van der Waals surface area (Å²) in [6.07, 6.45) is 7.09. The van der Waals surface area contributed by atoms with Crippen molar-refractivity contribution in [1.29, 1.82) is 0 Å². The van der Waals surface area contributed by atoms with Gasteiger partial charge in [-0.2, -0.15) is 0 Å². The Hall–Kier alpha value is -3.81. The van der Waals surface area contributed by atoms with Crippen LogP contribution < -0.4 is 29.1 Å². The van der Waals surface area contributed by atoms with Crippen LogP contribution in [0, 0.1) is 12.3 Å². The number of aromatic nitrogens is 1. The van der Waals surface area contributed by atoms with E-state index in [1.807, 2.05) is 18.2 Å². The van der Waals surface area contributed by atoms with Crippen molar-refractivity contribution in [3.05, 3.63) is 83.0 Å². The van der Waals surface area contributed by atoms with Gasteiger partial charge in [-0.05, 0) is 43.7 Å². The molecule has 4 rings (SSSR count). The molecule has 8 nitrogen and oxygen atoms in total. The highest BCUT2D eigenvalue weighted by Gasteiger charge is 2.35. The molecule has 0 unspecified atom stereocenters. The first-order valence-electron chi connectivity index (χ1n) is 11.6. The Labute approximate surface area is 232 Å². The molecule has 0 N–H and O–H groups in total. The van der Waals surface area contributed by atoms with Crippen molar-refractivity contribution in [2.45, 2.75) is 19.9 Å². The number of carbonyl (C=O) groups is 1. The Morgan fingerprint density at radius 2 is 1.92 bits per heavy atom. The smallest absolute Gasteiger partial charge is 0.338 e. The maximum Gasteiger partial charge on any atom is 0.338 e. The number of terminal acetylenes is 1. The second kappa shape index (κ2) is 11.7. The zero-order valence-electron chi connectivity index (χ0n) is 21.2. The molecule has 38 heavy (non-hydrogen) atoms. The number of esters is 1. The van der Waals surface area contributed by atoms with Crippen LogP contribution in [0.5, 0.6) is 17.2 Å². The van der Waals surface area contributed by atoms with E-state index >= 15 is 0 Å². The molecule has 0 spiro atoms. The van der Waals surface area contributed by atoms with Crippen LogP contribution in [-0.4, -0.2) is 38.0 Å². The van der Waals surface area contributed by atoms with Gasteiger partial charge in [0, 0.05) is 10.0 Å². The molecule has 1 aliphatic rings. The molecule has 0 fully saturated rings. The third kappa shape index (κ3) is 5.12. The molecule has 1 aliphatic heterocycles. The number of rotatable bonds is 8. The number of fused-ring (bicyclic) bond motifs is 1. The average molecular weight is 597 g/mol. The largest absolute Gasteiger partial charge is 0.493 e. The van der Waals surface area contributed by atoms with Crippen molar-refractivity contribution < 1.29 is 23.7 Å². The fourth-order valence-electron chi connectivity index (χ4n) is 4.16. The lowest BCUT2D eigenvalue weighted by atomic mass is 9.95. The van der Waals surface area contributed by atoms with Gasteiger partial charge in [0.05, 0.1) is 42.7 Å². The highest BCUT2D eigenvalue weighted by molar-refractivity contribution is 9.10. The predicted molar refractivity (Wildman–Crippen MR) is 148 cm³/mol. The number of carbonyl (C=O) groups excluding carboxylic acids is 1. The first-order valence-corrected chi connectivity index (χ1v) is 13.2. The minimum absolute atomic E-state index is 0.0987. The van der Waals surface area contributed by atoms with Gasteiger partial charge in [-0.25, -0.2) is 9.79 Å². The number of methoxy groups -OCH3 is 2. The predicted octanol–water partition coefficient (Wildman–Crippen LogP) is 3.59. The van der Waals surface area contributed by atoms with E-state index in [9.17, 15) is 9.59 Å². The summed E-state index contributed by atoms with van der Waals surface area (Å²) in [4.78, 5) is 32.2. The molecule has 0 saturated carbocycles. The molecule has 1 atom stereocenters. The van der Waals surface area contributed by atoms with Crippen molar-refractivity contribution >= 4 is 39.3 Å². The second-order valence-corrected chi connectivity index (χ2v) is 9.93. The maximum atomic E-state index is 13.9. The number of halogens is 1. The van der Waals surface area contributed by atoms with E-state index < -0.39 is 12.0 Å². The summed E-state index contributed by atoms with van der Waals surface area (Å²) in [7, 11) is 3.06. The van der Waals surface area contributed by atoms with Crippen LogP contribution >= 0.6 is 27.3 Å². The number of thiazole rings is 1. The Bertz CT molecular complexity index is 1650. The van der Waals surface area contributed by atoms with E-state index in [1.165, 1.54) is 30.1 Å². The molecule has 2 heterocycles. The summed E-state index contributed by atoms with van der Waals surface area (Å²) in [5.74, 6) is 3.40. The number of ether oxygens (including phenoxy) is 4. The molecule has 0 bridgehead atoms. The first kappa shape index (κ1) is 27.2. The third-order valence-corrected chi connectivity index (χ3v) is 7.50. The zero-order valence-corrected chi connectivity index (χ0v) is 23.6. The normalized spacial score (nSPS) is 14.8. The van der Waals surface area contributed by atoms with Crippen LogP contribution in [0.4, 0.5) is 0 Å². The summed E-state index contributed by atoms with van der Waals surface area (Å²) in [6.45, 7) is 3.73. The van der Waals surface area contributed by atoms with Crippen molar-refractivity contribution in [3.63, 3.8) is 0 Å². The summed E-state index contributed by atoms with van der Waals surface area (Å²) >= 11 is 4.82. The summed E-state index contributed by atoms with van der Waals surface area (Å²) in [5.41, 5.74) is 1.71. The number of hydrogen-bond donors (Lipinski definition) is 0. The highest BCUT2D eigenvalue weighted by Crippen LogP contribution is 2.40. The SMILES string of the molecule is C#CCOc1ccccc1/C=c1\sc2n(c1=O)[C@H](c1cc(OC)c(OC)cc1Br)C(C(=O)OCC)=C(C)N=2. The van der Waals surface area contributed by atoms with E-state index in [-0.39, 0.29) is 24.3 Å². The first-order chi connectivity index (χ1) is 18.3. The van der Waals surface area contributed by atoms with Gasteiger partial charge >= 0.3 is 5.97 Å².